The number of thioether (sulfide) groups is 1. The van der Waals surface area contributed by atoms with Gasteiger partial charge < -0.3 is 10.6 Å². The maximum atomic E-state index is 5.85. The number of nitrogens with zero attached hydrogens (tertiary/aromatic N) is 1. The van der Waals surface area contributed by atoms with Gasteiger partial charge in [0.05, 0.1) is 0 Å². The largest absolute Gasteiger partial charge is 0.330 e. The van der Waals surface area contributed by atoms with Crippen LogP contribution < -0.4 is 5.73 Å². The Kier molecular flexibility index (Phi) is 9.47. The molecular weight excluding hydrogens is 216 g/mol. The van der Waals surface area contributed by atoms with Crippen molar-refractivity contribution in [3.05, 3.63) is 0 Å². The zero-order chi connectivity index (χ0) is 12.6. The Hall–Kier alpha value is 0.270. The molecule has 0 heterocycles. The van der Waals surface area contributed by atoms with Crippen molar-refractivity contribution in [2.75, 3.05) is 32.1 Å². The quantitative estimate of drug-likeness (QED) is 0.678. The van der Waals surface area contributed by atoms with E-state index in [0.29, 0.717) is 12.0 Å². The van der Waals surface area contributed by atoms with E-state index in [1.165, 1.54) is 18.6 Å². The number of hydrogen-bond donors (Lipinski definition) is 1. The summed E-state index contributed by atoms with van der Waals surface area (Å²) in [6, 6.07) is 0.705. The third kappa shape index (κ3) is 6.77. The van der Waals surface area contributed by atoms with E-state index in [9.17, 15) is 0 Å². The first-order valence-electron chi connectivity index (χ1n) is 6.44. The van der Waals surface area contributed by atoms with Crippen LogP contribution in [-0.4, -0.2) is 43.1 Å². The molecule has 0 aliphatic rings. The van der Waals surface area contributed by atoms with Crippen LogP contribution in [0.4, 0.5) is 0 Å². The summed E-state index contributed by atoms with van der Waals surface area (Å²) < 4.78 is 0. The van der Waals surface area contributed by atoms with Crippen LogP contribution in [0.1, 0.15) is 33.6 Å². The average Bonchev–Trinajstić information content (AvgIpc) is 2.23. The molecule has 0 radical (unpaired) electrons. The molecule has 0 aromatic carbocycles. The van der Waals surface area contributed by atoms with Crippen molar-refractivity contribution < 1.29 is 0 Å². The molecule has 98 valence electrons. The summed E-state index contributed by atoms with van der Waals surface area (Å²) in [6.45, 7) is 8.80. The highest BCUT2D eigenvalue weighted by Crippen LogP contribution is 2.15. The smallest absolute Gasteiger partial charge is 0.0180 e. The zero-order valence-corrected chi connectivity index (χ0v) is 12.5. The van der Waals surface area contributed by atoms with Crippen molar-refractivity contribution in [1.29, 1.82) is 0 Å². The Morgan fingerprint density at radius 3 is 2.31 bits per heavy atom. The molecule has 16 heavy (non-hydrogen) atoms. The van der Waals surface area contributed by atoms with Gasteiger partial charge in [-0.2, -0.15) is 11.8 Å². The minimum atomic E-state index is 0.654. The lowest BCUT2D eigenvalue weighted by molar-refractivity contribution is 0.205. The Bertz CT molecular complexity index is 162. The van der Waals surface area contributed by atoms with E-state index in [1.54, 1.807) is 0 Å². The third-order valence-corrected chi connectivity index (χ3v) is 3.86. The van der Waals surface area contributed by atoms with E-state index in [2.05, 4.69) is 39.0 Å². The lowest BCUT2D eigenvalue weighted by Crippen LogP contribution is -2.39. The number of hydrogen-bond acceptors (Lipinski definition) is 3. The fourth-order valence-corrected chi connectivity index (χ4v) is 3.09. The molecule has 2 atom stereocenters. The zero-order valence-electron chi connectivity index (χ0n) is 11.7. The van der Waals surface area contributed by atoms with Gasteiger partial charge in [0.1, 0.15) is 0 Å². The number of rotatable bonds is 9. The normalized spacial score (nSPS) is 15.8. The van der Waals surface area contributed by atoms with Gasteiger partial charge in [-0.1, -0.05) is 20.8 Å². The van der Waals surface area contributed by atoms with Crippen LogP contribution >= 0.6 is 11.8 Å². The summed E-state index contributed by atoms with van der Waals surface area (Å²) in [4.78, 5) is 2.50. The number of nitrogens with two attached hydrogens (primary N) is 1. The molecule has 0 saturated heterocycles. The van der Waals surface area contributed by atoms with Crippen LogP contribution in [0, 0.1) is 11.8 Å². The molecule has 0 aromatic rings. The van der Waals surface area contributed by atoms with Gasteiger partial charge in [0.25, 0.3) is 0 Å². The van der Waals surface area contributed by atoms with E-state index in [0.717, 1.165) is 19.0 Å². The van der Waals surface area contributed by atoms with Crippen molar-refractivity contribution in [2.45, 2.75) is 39.7 Å². The first-order valence-corrected chi connectivity index (χ1v) is 7.83. The highest BCUT2D eigenvalue weighted by molar-refractivity contribution is 7.98. The minimum Gasteiger partial charge on any atom is -0.330 e. The predicted molar refractivity (Wildman–Crippen MR) is 77.1 cm³/mol. The highest BCUT2D eigenvalue weighted by atomic mass is 32.2. The van der Waals surface area contributed by atoms with Crippen molar-refractivity contribution in [3.8, 4) is 0 Å². The van der Waals surface area contributed by atoms with Gasteiger partial charge in [-0.05, 0) is 44.5 Å². The summed E-state index contributed by atoms with van der Waals surface area (Å²) in [5.41, 5.74) is 5.85. The van der Waals surface area contributed by atoms with E-state index < -0.39 is 0 Å². The molecule has 3 heteroatoms. The molecule has 0 spiro atoms. The SMILES string of the molecule is CCC(CSC)N(C)CC(CN)CC(C)C. The molecule has 0 aliphatic heterocycles. The summed E-state index contributed by atoms with van der Waals surface area (Å²) in [5, 5.41) is 0. The molecule has 0 aromatic heterocycles. The fraction of sp³-hybridized carbons (Fsp3) is 1.00. The van der Waals surface area contributed by atoms with Crippen LogP contribution in [0.5, 0.6) is 0 Å². The van der Waals surface area contributed by atoms with Crippen LogP contribution in [-0.2, 0) is 0 Å². The third-order valence-electron chi connectivity index (χ3n) is 3.14. The van der Waals surface area contributed by atoms with Gasteiger partial charge in [-0.3, -0.25) is 0 Å². The monoisotopic (exact) mass is 246 g/mol. The Balaban J connectivity index is 4.10. The Labute approximate surface area is 106 Å². The van der Waals surface area contributed by atoms with Crippen LogP contribution in [0.15, 0.2) is 0 Å². The van der Waals surface area contributed by atoms with Gasteiger partial charge >= 0.3 is 0 Å². The highest BCUT2D eigenvalue weighted by Gasteiger charge is 2.17. The summed E-state index contributed by atoms with van der Waals surface area (Å²) in [5.74, 6) is 2.63. The minimum absolute atomic E-state index is 0.654. The first-order chi connectivity index (χ1) is 7.54. The molecular formula is C13H30N2S. The van der Waals surface area contributed by atoms with Crippen LogP contribution in [0.2, 0.25) is 0 Å². The van der Waals surface area contributed by atoms with Crippen molar-refractivity contribution >= 4 is 11.8 Å². The molecule has 2 nitrogen and oxygen atoms in total. The fourth-order valence-electron chi connectivity index (χ4n) is 2.22. The maximum Gasteiger partial charge on any atom is 0.0180 e. The van der Waals surface area contributed by atoms with Gasteiger partial charge in [0.2, 0.25) is 0 Å². The molecule has 2 N–H and O–H groups in total. The molecule has 0 rings (SSSR count). The molecule has 2 unspecified atom stereocenters. The van der Waals surface area contributed by atoms with Crippen molar-refractivity contribution in [1.82, 2.24) is 4.90 Å². The van der Waals surface area contributed by atoms with Gasteiger partial charge in [0.15, 0.2) is 0 Å². The average molecular weight is 246 g/mol. The van der Waals surface area contributed by atoms with Gasteiger partial charge in [0, 0.05) is 18.3 Å². The standard InChI is InChI=1S/C13H30N2S/c1-6-13(10-16-5)15(4)9-12(8-14)7-11(2)3/h11-13H,6-10,14H2,1-5H3. The lowest BCUT2D eigenvalue weighted by Gasteiger charge is -2.30. The molecule has 0 amide bonds. The second-order valence-electron chi connectivity index (χ2n) is 5.19. The van der Waals surface area contributed by atoms with E-state index in [4.69, 9.17) is 5.73 Å². The molecule has 0 aliphatic carbocycles. The molecule has 0 bridgehead atoms. The summed E-state index contributed by atoms with van der Waals surface area (Å²) >= 11 is 1.94. The van der Waals surface area contributed by atoms with E-state index >= 15 is 0 Å². The predicted octanol–water partition coefficient (Wildman–Crippen LogP) is 2.68. The lowest BCUT2D eigenvalue weighted by atomic mass is 9.96. The van der Waals surface area contributed by atoms with Gasteiger partial charge in [-0.15, -0.1) is 0 Å². The van der Waals surface area contributed by atoms with E-state index in [-0.39, 0.29) is 0 Å². The Morgan fingerprint density at radius 2 is 1.94 bits per heavy atom. The summed E-state index contributed by atoms with van der Waals surface area (Å²) in [6.07, 6.45) is 4.66. The molecule has 0 fully saturated rings. The van der Waals surface area contributed by atoms with Crippen LogP contribution in [0.25, 0.3) is 0 Å². The Morgan fingerprint density at radius 1 is 1.31 bits per heavy atom. The van der Waals surface area contributed by atoms with Crippen molar-refractivity contribution in [3.63, 3.8) is 0 Å². The molecule has 0 saturated carbocycles. The second kappa shape index (κ2) is 9.32. The second-order valence-corrected chi connectivity index (χ2v) is 6.10. The van der Waals surface area contributed by atoms with Gasteiger partial charge in [-0.25, -0.2) is 0 Å². The first kappa shape index (κ1) is 16.3. The van der Waals surface area contributed by atoms with E-state index in [1.807, 2.05) is 11.8 Å². The van der Waals surface area contributed by atoms with Crippen LogP contribution in [0.3, 0.4) is 0 Å². The summed E-state index contributed by atoms with van der Waals surface area (Å²) in [7, 11) is 2.24. The van der Waals surface area contributed by atoms with Crippen molar-refractivity contribution in [2.24, 2.45) is 17.6 Å². The maximum absolute atomic E-state index is 5.85. The topological polar surface area (TPSA) is 29.3 Å².